The third-order valence-corrected chi connectivity index (χ3v) is 5.18. The monoisotopic (exact) mass is 282 g/mol. The first-order valence-electron chi connectivity index (χ1n) is 6.40. The number of sulfone groups is 1. The lowest BCUT2D eigenvalue weighted by molar-refractivity contribution is -0.144. The second-order valence-electron chi connectivity index (χ2n) is 4.95. The number of rotatable bonds is 5. The molecular weight excluding hydrogens is 264 g/mol. The Morgan fingerprint density at radius 3 is 2.53 bits per heavy atom. The number of hydrogen-bond acceptors (Lipinski definition) is 4. The topological polar surface area (TPSA) is 60.4 Å². The molecule has 0 amide bonds. The maximum atomic E-state index is 12.2. The van der Waals surface area contributed by atoms with Crippen LogP contribution in [0.25, 0.3) is 0 Å². The predicted octanol–water partition coefficient (Wildman–Crippen LogP) is 1.97. The van der Waals surface area contributed by atoms with Crippen LogP contribution in [-0.2, 0) is 19.4 Å². The lowest BCUT2D eigenvalue weighted by Gasteiger charge is -2.04. The molecule has 1 aliphatic carbocycles. The molecule has 0 aliphatic heterocycles. The van der Waals surface area contributed by atoms with E-state index < -0.39 is 9.84 Å². The van der Waals surface area contributed by atoms with Gasteiger partial charge in [0.15, 0.2) is 9.84 Å². The van der Waals surface area contributed by atoms with Crippen molar-refractivity contribution in [2.24, 2.45) is 11.8 Å². The van der Waals surface area contributed by atoms with Crippen LogP contribution in [0.15, 0.2) is 29.2 Å². The van der Waals surface area contributed by atoms with Crippen LogP contribution in [0.4, 0.5) is 0 Å². The second kappa shape index (κ2) is 5.33. The summed E-state index contributed by atoms with van der Waals surface area (Å²) in [6.45, 7) is 4.00. The van der Waals surface area contributed by atoms with Gasteiger partial charge in [-0.15, -0.1) is 0 Å². The average molecular weight is 282 g/mol. The highest BCUT2D eigenvalue weighted by Gasteiger charge is 2.46. The molecule has 0 spiro atoms. The second-order valence-corrected chi connectivity index (χ2v) is 6.98. The third kappa shape index (κ3) is 3.35. The summed E-state index contributed by atoms with van der Waals surface area (Å²) in [5.41, 5.74) is 1.02. The van der Waals surface area contributed by atoms with Crippen LogP contribution >= 0.6 is 0 Å². The molecule has 0 heterocycles. The Morgan fingerprint density at radius 1 is 1.32 bits per heavy atom. The minimum absolute atomic E-state index is 0.0273. The van der Waals surface area contributed by atoms with E-state index in [2.05, 4.69) is 0 Å². The van der Waals surface area contributed by atoms with Crippen molar-refractivity contribution >= 4 is 15.8 Å². The summed E-state index contributed by atoms with van der Waals surface area (Å²) in [4.78, 5) is 11.8. The fourth-order valence-corrected chi connectivity index (χ4v) is 3.77. The van der Waals surface area contributed by atoms with E-state index in [1.54, 1.807) is 31.2 Å². The molecule has 1 aromatic rings. The quantitative estimate of drug-likeness (QED) is 0.775. The van der Waals surface area contributed by atoms with Gasteiger partial charge in [0.05, 0.1) is 23.2 Å². The van der Waals surface area contributed by atoms with Crippen LogP contribution in [-0.4, -0.2) is 26.7 Å². The first-order valence-corrected chi connectivity index (χ1v) is 8.05. The number of carbonyl (C=O) groups is 1. The number of aryl methyl sites for hydroxylation is 1. The molecular formula is C14H18O4S. The van der Waals surface area contributed by atoms with Gasteiger partial charge in [-0.3, -0.25) is 4.79 Å². The zero-order valence-electron chi connectivity index (χ0n) is 11.1. The molecule has 5 heteroatoms. The summed E-state index contributed by atoms with van der Waals surface area (Å²) in [5.74, 6) is -0.573. The highest BCUT2D eigenvalue weighted by molar-refractivity contribution is 7.91. The summed E-state index contributed by atoms with van der Waals surface area (Å²) in [6, 6.07) is 6.80. The number of esters is 1. The molecule has 1 aromatic carbocycles. The lowest BCUT2D eigenvalue weighted by atomic mass is 10.2. The van der Waals surface area contributed by atoms with Crippen LogP contribution in [0.2, 0.25) is 0 Å². The van der Waals surface area contributed by atoms with Crippen LogP contribution in [0, 0.1) is 18.8 Å². The summed E-state index contributed by atoms with van der Waals surface area (Å²) in [7, 11) is -3.30. The molecule has 0 saturated heterocycles. The molecule has 0 unspecified atom stereocenters. The number of hydrogen-bond donors (Lipinski definition) is 0. The number of carbonyl (C=O) groups excluding carboxylic acids is 1. The molecule has 104 valence electrons. The lowest BCUT2D eigenvalue weighted by Crippen LogP contribution is -2.13. The van der Waals surface area contributed by atoms with Gasteiger partial charge in [-0.05, 0) is 38.3 Å². The minimum Gasteiger partial charge on any atom is -0.466 e. The van der Waals surface area contributed by atoms with E-state index in [4.69, 9.17) is 4.74 Å². The van der Waals surface area contributed by atoms with Gasteiger partial charge in [0.1, 0.15) is 0 Å². The first kappa shape index (κ1) is 14.1. The molecule has 2 rings (SSSR count). The van der Waals surface area contributed by atoms with Gasteiger partial charge in [-0.25, -0.2) is 8.42 Å². The Labute approximate surface area is 113 Å². The van der Waals surface area contributed by atoms with Crippen molar-refractivity contribution in [1.82, 2.24) is 0 Å². The minimum atomic E-state index is -3.30. The van der Waals surface area contributed by atoms with Crippen LogP contribution in [0.3, 0.4) is 0 Å². The van der Waals surface area contributed by atoms with E-state index in [9.17, 15) is 13.2 Å². The molecule has 1 aliphatic rings. The van der Waals surface area contributed by atoms with Gasteiger partial charge < -0.3 is 4.74 Å². The molecule has 1 fully saturated rings. The third-order valence-electron chi connectivity index (χ3n) is 3.33. The van der Waals surface area contributed by atoms with E-state index in [0.717, 1.165) is 5.56 Å². The summed E-state index contributed by atoms with van der Waals surface area (Å²) < 4.78 is 29.2. The van der Waals surface area contributed by atoms with Crippen molar-refractivity contribution in [3.63, 3.8) is 0 Å². The number of benzene rings is 1. The van der Waals surface area contributed by atoms with Crippen LogP contribution < -0.4 is 0 Å². The maximum absolute atomic E-state index is 12.2. The SMILES string of the molecule is CCOC(=O)[C@H]1C[C@@H]1CS(=O)(=O)c1ccc(C)cc1. The molecule has 0 bridgehead atoms. The van der Waals surface area contributed by atoms with Crippen molar-refractivity contribution in [2.45, 2.75) is 25.2 Å². The summed E-state index contributed by atoms with van der Waals surface area (Å²) in [5, 5.41) is 0. The normalized spacial score (nSPS) is 22.0. The van der Waals surface area contributed by atoms with Gasteiger partial charge in [0.25, 0.3) is 0 Å². The Kier molecular flexibility index (Phi) is 3.94. The molecule has 2 atom stereocenters. The molecule has 1 saturated carbocycles. The summed E-state index contributed by atoms with van der Waals surface area (Å²) >= 11 is 0. The Bertz CT molecular complexity index is 560. The van der Waals surface area contributed by atoms with E-state index >= 15 is 0 Å². The fourth-order valence-electron chi connectivity index (χ4n) is 2.09. The zero-order chi connectivity index (χ0) is 14.0. The van der Waals surface area contributed by atoms with Crippen molar-refractivity contribution in [2.75, 3.05) is 12.4 Å². The molecule has 0 aromatic heterocycles. The fraction of sp³-hybridized carbons (Fsp3) is 0.500. The van der Waals surface area contributed by atoms with Gasteiger partial charge >= 0.3 is 5.97 Å². The van der Waals surface area contributed by atoms with Gasteiger partial charge in [-0.1, -0.05) is 17.7 Å². The molecule has 4 nitrogen and oxygen atoms in total. The van der Waals surface area contributed by atoms with Gasteiger partial charge in [0.2, 0.25) is 0 Å². The van der Waals surface area contributed by atoms with E-state index in [1.807, 2.05) is 6.92 Å². The predicted molar refractivity (Wildman–Crippen MR) is 71.5 cm³/mol. The molecule has 0 radical (unpaired) electrons. The van der Waals surface area contributed by atoms with Crippen molar-refractivity contribution < 1.29 is 17.9 Å². The van der Waals surface area contributed by atoms with Crippen molar-refractivity contribution in [3.8, 4) is 0 Å². The zero-order valence-corrected chi connectivity index (χ0v) is 11.9. The van der Waals surface area contributed by atoms with Crippen LogP contribution in [0.5, 0.6) is 0 Å². The van der Waals surface area contributed by atoms with Crippen molar-refractivity contribution in [3.05, 3.63) is 29.8 Å². The largest absolute Gasteiger partial charge is 0.466 e. The standard InChI is InChI=1S/C14H18O4S/c1-3-18-14(15)13-8-11(13)9-19(16,17)12-6-4-10(2)5-7-12/h4-7,11,13H,3,8-9H2,1-2H3/t11-,13+/m1/s1. The molecule has 19 heavy (non-hydrogen) atoms. The Morgan fingerprint density at radius 2 is 1.95 bits per heavy atom. The Hall–Kier alpha value is -1.36. The molecule has 0 N–H and O–H groups in total. The van der Waals surface area contributed by atoms with E-state index in [1.165, 1.54) is 0 Å². The number of ether oxygens (including phenoxy) is 1. The van der Waals surface area contributed by atoms with E-state index in [0.29, 0.717) is 17.9 Å². The highest BCUT2D eigenvalue weighted by atomic mass is 32.2. The maximum Gasteiger partial charge on any atom is 0.309 e. The van der Waals surface area contributed by atoms with Gasteiger partial charge in [0, 0.05) is 0 Å². The summed E-state index contributed by atoms with van der Waals surface area (Å²) in [6.07, 6.45) is 0.615. The smallest absolute Gasteiger partial charge is 0.309 e. The van der Waals surface area contributed by atoms with E-state index in [-0.39, 0.29) is 23.6 Å². The first-order chi connectivity index (χ1) is 8.94. The van der Waals surface area contributed by atoms with Gasteiger partial charge in [-0.2, -0.15) is 0 Å². The van der Waals surface area contributed by atoms with Crippen LogP contribution in [0.1, 0.15) is 18.9 Å². The Balaban J connectivity index is 2.00. The van der Waals surface area contributed by atoms with Crippen molar-refractivity contribution in [1.29, 1.82) is 0 Å². The average Bonchev–Trinajstić information content (AvgIpc) is 3.08. The highest BCUT2D eigenvalue weighted by Crippen LogP contribution is 2.41.